The molecule has 0 saturated carbocycles. The first-order valence-corrected chi connectivity index (χ1v) is 6.16. The molecule has 2 N–H and O–H groups in total. The highest BCUT2D eigenvalue weighted by Crippen LogP contribution is 2.19. The van der Waals surface area contributed by atoms with Gasteiger partial charge < -0.3 is 10.4 Å². The third-order valence-electron chi connectivity index (χ3n) is 2.18. The molecule has 0 saturated heterocycles. The summed E-state index contributed by atoms with van der Waals surface area (Å²) in [7, 11) is 0. The number of aromatic carboxylic acids is 1. The lowest BCUT2D eigenvalue weighted by Gasteiger charge is -2.04. The normalized spacial score (nSPS) is 10.2. The lowest BCUT2D eigenvalue weighted by molar-refractivity contribution is 0.0702. The van der Waals surface area contributed by atoms with Crippen LogP contribution >= 0.6 is 22.9 Å². The number of carboxylic acid groups (broad SMARTS) is 1. The van der Waals surface area contributed by atoms with Crippen molar-refractivity contribution in [3.8, 4) is 0 Å². The van der Waals surface area contributed by atoms with Gasteiger partial charge in [0.25, 0.3) is 0 Å². The van der Waals surface area contributed by atoms with E-state index >= 15 is 0 Å². The van der Waals surface area contributed by atoms with Crippen molar-refractivity contribution in [3.63, 3.8) is 0 Å². The summed E-state index contributed by atoms with van der Waals surface area (Å²) in [5.41, 5.74) is 0.958. The smallest absolute Gasteiger partial charge is 0.345 e. The van der Waals surface area contributed by atoms with Crippen LogP contribution in [0.4, 0.5) is 5.69 Å². The summed E-state index contributed by atoms with van der Waals surface area (Å²) in [4.78, 5) is 12.0. The van der Waals surface area contributed by atoms with Crippen LogP contribution in [0.25, 0.3) is 0 Å². The van der Waals surface area contributed by atoms with Crippen LogP contribution in [0.5, 0.6) is 0 Å². The van der Waals surface area contributed by atoms with Gasteiger partial charge in [-0.05, 0) is 36.4 Å². The third kappa shape index (κ3) is 3.22. The van der Waals surface area contributed by atoms with Crippen molar-refractivity contribution in [1.29, 1.82) is 0 Å². The Hall–Kier alpha value is -1.52. The number of anilines is 1. The zero-order valence-corrected chi connectivity index (χ0v) is 10.4. The molecule has 3 nitrogen and oxygen atoms in total. The van der Waals surface area contributed by atoms with Crippen molar-refractivity contribution in [2.24, 2.45) is 0 Å². The van der Waals surface area contributed by atoms with E-state index in [0.717, 1.165) is 10.6 Å². The summed E-state index contributed by atoms with van der Waals surface area (Å²) in [6, 6.07) is 10.8. The Morgan fingerprint density at radius 3 is 2.53 bits per heavy atom. The van der Waals surface area contributed by atoms with Crippen molar-refractivity contribution in [1.82, 2.24) is 0 Å². The van der Waals surface area contributed by atoms with Crippen molar-refractivity contribution in [3.05, 3.63) is 51.2 Å². The minimum atomic E-state index is -0.882. The summed E-state index contributed by atoms with van der Waals surface area (Å²) >= 11 is 7.05. The average Bonchev–Trinajstić information content (AvgIpc) is 2.77. The summed E-state index contributed by atoms with van der Waals surface area (Å²) in [6.45, 7) is 0.611. The Morgan fingerprint density at radius 2 is 1.94 bits per heavy atom. The number of benzene rings is 1. The number of hydrogen-bond acceptors (Lipinski definition) is 3. The van der Waals surface area contributed by atoms with E-state index in [1.165, 1.54) is 11.3 Å². The minimum absolute atomic E-state index is 0.359. The van der Waals surface area contributed by atoms with Gasteiger partial charge >= 0.3 is 5.97 Å². The molecule has 0 amide bonds. The fourth-order valence-electron chi connectivity index (χ4n) is 1.34. The summed E-state index contributed by atoms with van der Waals surface area (Å²) in [6.07, 6.45) is 0. The van der Waals surface area contributed by atoms with Gasteiger partial charge in [-0.3, -0.25) is 0 Å². The van der Waals surface area contributed by atoms with Gasteiger partial charge in [0.15, 0.2) is 0 Å². The first kappa shape index (κ1) is 12.0. The molecule has 0 aliphatic rings. The number of nitrogens with one attached hydrogen (secondary N) is 1. The molecule has 1 heterocycles. The van der Waals surface area contributed by atoms with E-state index in [1.54, 1.807) is 18.2 Å². The summed E-state index contributed by atoms with van der Waals surface area (Å²) < 4.78 is 0. The second kappa shape index (κ2) is 5.21. The van der Waals surface area contributed by atoms with E-state index in [-0.39, 0.29) is 0 Å². The van der Waals surface area contributed by atoms with E-state index in [1.807, 2.05) is 18.2 Å². The monoisotopic (exact) mass is 267 g/mol. The van der Waals surface area contributed by atoms with Crippen LogP contribution in [-0.2, 0) is 6.54 Å². The van der Waals surface area contributed by atoms with Crippen LogP contribution in [0.1, 0.15) is 14.5 Å². The predicted molar refractivity (Wildman–Crippen MR) is 70.1 cm³/mol. The van der Waals surface area contributed by atoms with E-state index in [9.17, 15) is 4.79 Å². The maximum atomic E-state index is 10.7. The topological polar surface area (TPSA) is 49.3 Å². The second-order valence-electron chi connectivity index (χ2n) is 3.43. The molecule has 1 aromatic carbocycles. The molecular weight excluding hydrogens is 258 g/mol. The van der Waals surface area contributed by atoms with Gasteiger partial charge in [-0.2, -0.15) is 0 Å². The number of hydrogen-bond donors (Lipinski definition) is 2. The quantitative estimate of drug-likeness (QED) is 0.888. The Kier molecular flexibility index (Phi) is 3.66. The maximum Gasteiger partial charge on any atom is 0.345 e. The van der Waals surface area contributed by atoms with Crippen LogP contribution in [0, 0.1) is 0 Å². The van der Waals surface area contributed by atoms with Crippen LogP contribution < -0.4 is 5.32 Å². The van der Waals surface area contributed by atoms with Gasteiger partial charge in [-0.25, -0.2) is 4.79 Å². The number of carboxylic acids is 1. The van der Waals surface area contributed by atoms with Gasteiger partial charge in [0.1, 0.15) is 4.88 Å². The fraction of sp³-hybridized carbons (Fsp3) is 0.0833. The molecule has 0 spiro atoms. The van der Waals surface area contributed by atoms with E-state index in [2.05, 4.69) is 5.32 Å². The lowest BCUT2D eigenvalue weighted by Crippen LogP contribution is -1.96. The van der Waals surface area contributed by atoms with Gasteiger partial charge in [0.2, 0.25) is 0 Å². The van der Waals surface area contributed by atoms with Crippen LogP contribution in [0.2, 0.25) is 5.02 Å². The molecule has 0 unspecified atom stereocenters. The molecule has 88 valence electrons. The first-order chi connectivity index (χ1) is 8.15. The molecule has 17 heavy (non-hydrogen) atoms. The van der Waals surface area contributed by atoms with Crippen LogP contribution in [0.15, 0.2) is 36.4 Å². The standard InChI is InChI=1S/C12H10ClNO2S/c13-8-1-3-9(4-2-8)14-7-10-5-6-11(17-10)12(15)16/h1-6,14H,7H2,(H,15,16). The molecule has 0 bridgehead atoms. The molecule has 1 aromatic heterocycles. The lowest BCUT2D eigenvalue weighted by atomic mass is 10.3. The Balaban J connectivity index is 1.97. The molecule has 5 heteroatoms. The zero-order valence-electron chi connectivity index (χ0n) is 8.81. The largest absolute Gasteiger partial charge is 0.477 e. The molecule has 0 aliphatic carbocycles. The average molecular weight is 268 g/mol. The molecule has 0 atom stereocenters. The van der Waals surface area contributed by atoms with E-state index < -0.39 is 5.97 Å². The molecule has 0 radical (unpaired) electrons. The van der Waals surface area contributed by atoms with Crippen molar-refractivity contribution in [2.75, 3.05) is 5.32 Å². The molecule has 2 aromatic rings. The Bertz CT molecular complexity index is 522. The second-order valence-corrected chi connectivity index (χ2v) is 5.04. The fourth-order valence-corrected chi connectivity index (χ4v) is 2.26. The van der Waals surface area contributed by atoms with Gasteiger partial charge in [-0.15, -0.1) is 11.3 Å². The molecular formula is C12H10ClNO2S. The number of halogens is 1. The van der Waals surface area contributed by atoms with Crippen molar-refractivity contribution >= 4 is 34.6 Å². The summed E-state index contributed by atoms with van der Waals surface area (Å²) in [5, 5.41) is 12.7. The zero-order chi connectivity index (χ0) is 12.3. The van der Waals surface area contributed by atoms with Crippen LogP contribution in [-0.4, -0.2) is 11.1 Å². The van der Waals surface area contributed by atoms with Crippen LogP contribution in [0.3, 0.4) is 0 Å². The number of carbonyl (C=O) groups is 1. The van der Waals surface area contributed by atoms with E-state index in [0.29, 0.717) is 16.4 Å². The first-order valence-electron chi connectivity index (χ1n) is 4.96. The van der Waals surface area contributed by atoms with Gasteiger partial charge in [0.05, 0.1) is 0 Å². The van der Waals surface area contributed by atoms with Crippen molar-refractivity contribution < 1.29 is 9.90 Å². The minimum Gasteiger partial charge on any atom is -0.477 e. The maximum absolute atomic E-state index is 10.7. The molecule has 0 fully saturated rings. The molecule has 0 aliphatic heterocycles. The van der Waals surface area contributed by atoms with Crippen molar-refractivity contribution in [2.45, 2.75) is 6.54 Å². The number of thiophene rings is 1. The number of rotatable bonds is 4. The predicted octanol–water partition coefficient (Wildman–Crippen LogP) is 3.71. The summed E-state index contributed by atoms with van der Waals surface area (Å²) in [5.74, 6) is -0.882. The Labute approximate surface area is 108 Å². The highest BCUT2D eigenvalue weighted by Gasteiger charge is 2.06. The molecule has 2 rings (SSSR count). The third-order valence-corrected chi connectivity index (χ3v) is 3.51. The van der Waals surface area contributed by atoms with E-state index in [4.69, 9.17) is 16.7 Å². The highest BCUT2D eigenvalue weighted by molar-refractivity contribution is 7.13. The Morgan fingerprint density at radius 1 is 1.24 bits per heavy atom. The highest BCUT2D eigenvalue weighted by atomic mass is 35.5. The van der Waals surface area contributed by atoms with Gasteiger partial charge in [-0.1, -0.05) is 11.6 Å². The van der Waals surface area contributed by atoms with Gasteiger partial charge in [0, 0.05) is 22.1 Å². The SMILES string of the molecule is O=C(O)c1ccc(CNc2ccc(Cl)cc2)s1.